The van der Waals surface area contributed by atoms with E-state index in [1.165, 1.54) is 11.3 Å². The van der Waals surface area contributed by atoms with Gasteiger partial charge >= 0.3 is 0 Å². The van der Waals surface area contributed by atoms with Crippen LogP contribution in [0.3, 0.4) is 0 Å². The minimum Gasteiger partial charge on any atom is -0.377 e. The van der Waals surface area contributed by atoms with Gasteiger partial charge in [-0.3, -0.25) is 9.36 Å². The van der Waals surface area contributed by atoms with E-state index < -0.39 is 0 Å². The first-order valence-electron chi connectivity index (χ1n) is 5.69. The van der Waals surface area contributed by atoms with Gasteiger partial charge in [-0.25, -0.2) is 9.97 Å². The van der Waals surface area contributed by atoms with Gasteiger partial charge in [-0.1, -0.05) is 23.1 Å². The second kappa shape index (κ2) is 4.64. The maximum atomic E-state index is 12.4. The van der Waals surface area contributed by atoms with Crippen LogP contribution in [-0.4, -0.2) is 27.9 Å². The molecule has 0 radical (unpaired) electrons. The van der Waals surface area contributed by atoms with E-state index in [-0.39, 0.29) is 5.56 Å². The molecule has 1 saturated carbocycles. The van der Waals surface area contributed by atoms with Crippen LogP contribution in [0, 0.1) is 0 Å². The van der Waals surface area contributed by atoms with Gasteiger partial charge in [0.05, 0.1) is 0 Å². The number of thiazole rings is 1. The summed E-state index contributed by atoms with van der Waals surface area (Å²) in [6.45, 7) is 0.369. The maximum absolute atomic E-state index is 12.4. The molecule has 0 bridgehead atoms. The monoisotopic (exact) mass is 283 g/mol. The Labute approximate surface area is 112 Å². The average Bonchev–Trinajstić information content (AvgIpc) is 3.09. The highest BCUT2D eigenvalue weighted by Crippen LogP contribution is 2.35. The Morgan fingerprint density at radius 2 is 2.28 bits per heavy atom. The molecular weight excluding hydrogens is 270 g/mol. The van der Waals surface area contributed by atoms with Gasteiger partial charge in [0.25, 0.3) is 5.56 Å². The molecule has 2 aromatic heterocycles. The molecule has 0 amide bonds. The number of hydrogen-bond donors (Lipinski definition) is 0. The third-order valence-electron chi connectivity index (χ3n) is 2.88. The standard InChI is InChI=1S/C11H13N3O2S2/c1-16-5-7-12-9-8(13-11(17-2)18-9)10(15)14(7)6-3-4-6/h6H,3-5H2,1-2H3. The van der Waals surface area contributed by atoms with E-state index in [1.807, 2.05) is 6.26 Å². The summed E-state index contributed by atoms with van der Waals surface area (Å²) in [5.41, 5.74) is 0.474. The number of methoxy groups -OCH3 is 1. The Kier molecular flexibility index (Phi) is 3.13. The van der Waals surface area contributed by atoms with Gasteiger partial charge in [-0.2, -0.15) is 0 Å². The molecule has 0 unspecified atom stereocenters. The summed E-state index contributed by atoms with van der Waals surface area (Å²) in [4.78, 5) is 22.0. The van der Waals surface area contributed by atoms with E-state index in [0.717, 1.165) is 17.2 Å². The molecule has 96 valence electrons. The summed E-state index contributed by atoms with van der Waals surface area (Å²) in [6.07, 6.45) is 4.04. The molecule has 0 aromatic carbocycles. The van der Waals surface area contributed by atoms with Crippen LogP contribution in [0.5, 0.6) is 0 Å². The third kappa shape index (κ3) is 1.96. The van der Waals surface area contributed by atoms with E-state index in [9.17, 15) is 4.79 Å². The second-order valence-corrected chi connectivity index (χ2v) is 6.24. The molecule has 7 heteroatoms. The van der Waals surface area contributed by atoms with Crippen LogP contribution < -0.4 is 5.56 Å². The third-order valence-corrected chi connectivity index (χ3v) is 4.81. The van der Waals surface area contributed by atoms with E-state index >= 15 is 0 Å². The van der Waals surface area contributed by atoms with Crippen LogP contribution in [0.1, 0.15) is 24.7 Å². The van der Waals surface area contributed by atoms with Crippen LogP contribution >= 0.6 is 23.1 Å². The van der Waals surface area contributed by atoms with Gasteiger partial charge in [0.15, 0.2) is 14.7 Å². The van der Waals surface area contributed by atoms with Crippen molar-refractivity contribution in [3.05, 3.63) is 16.2 Å². The summed E-state index contributed by atoms with van der Waals surface area (Å²) < 4.78 is 7.78. The molecule has 0 N–H and O–H groups in total. The molecule has 5 nitrogen and oxygen atoms in total. The van der Waals surface area contributed by atoms with Crippen molar-refractivity contribution in [2.75, 3.05) is 13.4 Å². The largest absolute Gasteiger partial charge is 0.377 e. The minimum atomic E-state index is -0.0221. The zero-order valence-corrected chi connectivity index (χ0v) is 11.8. The smallest absolute Gasteiger partial charge is 0.281 e. The van der Waals surface area contributed by atoms with Crippen LogP contribution in [0.25, 0.3) is 10.3 Å². The SMILES string of the molecule is COCc1nc2sc(SC)nc2c(=O)n1C1CC1. The van der Waals surface area contributed by atoms with Crippen LogP contribution in [0.4, 0.5) is 0 Å². The zero-order valence-electron chi connectivity index (χ0n) is 10.2. The molecular formula is C11H13N3O2S2. The van der Waals surface area contributed by atoms with Crippen molar-refractivity contribution in [3.63, 3.8) is 0 Å². The van der Waals surface area contributed by atoms with Crippen LogP contribution in [-0.2, 0) is 11.3 Å². The Balaban J connectivity index is 2.25. The Hall–Kier alpha value is -0.920. The fourth-order valence-corrected chi connectivity index (χ4v) is 3.37. The predicted molar refractivity (Wildman–Crippen MR) is 72.4 cm³/mol. The van der Waals surface area contributed by atoms with Crippen LogP contribution in [0.15, 0.2) is 9.13 Å². The lowest BCUT2D eigenvalue weighted by atomic mass is 10.4. The first-order valence-corrected chi connectivity index (χ1v) is 7.73. The number of fused-ring (bicyclic) bond motifs is 1. The van der Waals surface area contributed by atoms with Crippen molar-refractivity contribution in [2.45, 2.75) is 29.8 Å². The van der Waals surface area contributed by atoms with E-state index in [0.29, 0.717) is 28.8 Å². The van der Waals surface area contributed by atoms with Gasteiger partial charge in [-0.15, -0.1) is 0 Å². The van der Waals surface area contributed by atoms with Gasteiger partial charge in [0.1, 0.15) is 12.4 Å². The van der Waals surface area contributed by atoms with E-state index in [2.05, 4.69) is 9.97 Å². The van der Waals surface area contributed by atoms with Crippen LogP contribution in [0.2, 0.25) is 0 Å². The average molecular weight is 283 g/mol. The maximum Gasteiger partial charge on any atom is 0.281 e. The first-order chi connectivity index (χ1) is 8.74. The Morgan fingerprint density at radius 3 is 2.89 bits per heavy atom. The molecule has 2 heterocycles. The minimum absolute atomic E-state index is 0.0221. The highest BCUT2D eigenvalue weighted by atomic mass is 32.2. The fourth-order valence-electron chi connectivity index (χ4n) is 1.94. The van der Waals surface area contributed by atoms with Gasteiger partial charge in [-0.05, 0) is 19.1 Å². The molecule has 0 saturated heterocycles. The topological polar surface area (TPSA) is 57.0 Å². The van der Waals surface area contributed by atoms with Crippen molar-refractivity contribution >= 4 is 33.4 Å². The number of nitrogens with zero attached hydrogens (tertiary/aromatic N) is 3. The lowest BCUT2D eigenvalue weighted by Gasteiger charge is -2.09. The van der Waals surface area contributed by atoms with Gasteiger partial charge in [0, 0.05) is 13.2 Å². The van der Waals surface area contributed by atoms with Crippen molar-refractivity contribution in [1.29, 1.82) is 0 Å². The normalized spacial score (nSPS) is 15.4. The Bertz CT molecular complexity index is 646. The summed E-state index contributed by atoms with van der Waals surface area (Å²) in [5.74, 6) is 0.716. The lowest BCUT2D eigenvalue weighted by Crippen LogP contribution is -2.24. The highest BCUT2D eigenvalue weighted by molar-refractivity contribution is 8.00. The molecule has 3 rings (SSSR count). The highest BCUT2D eigenvalue weighted by Gasteiger charge is 2.29. The molecule has 1 fully saturated rings. The number of ether oxygens (including phenoxy) is 1. The van der Waals surface area contributed by atoms with E-state index in [1.54, 1.807) is 23.4 Å². The molecule has 1 aliphatic rings. The first kappa shape index (κ1) is 12.1. The predicted octanol–water partition coefficient (Wildman–Crippen LogP) is 2.06. The second-order valence-electron chi connectivity index (χ2n) is 4.21. The molecule has 0 spiro atoms. The zero-order chi connectivity index (χ0) is 12.7. The number of aromatic nitrogens is 3. The summed E-state index contributed by atoms with van der Waals surface area (Å²) in [7, 11) is 1.62. The lowest BCUT2D eigenvalue weighted by molar-refractivity contribution is 0.173. The molecule has 0 aliphatic heterocycles. The van der Waals surface area contributed by atoms with Crippen molar-refractivity contribution in [1.82, 2.24) is 14.5 Å². The summed E-state index contributed by atoms with van der Waals surface area (Å²) in [6, 6.07) is 0.291. The molecule has 18 heavy (non-hydrogen) atoms. The number of hydrogen-bond acceptors (Lipinski definition) is 6. The van der Waals surface area contributed by atoms with Crippen molar-refractivity contribution in [3.8, 4) is 0 Å². The number of rotatable bonds is 4. The molecule has 0 atom stereocenters. The van der Waals surface area contributed by atoms with Gasteiger partial charge < -0.3 is 4.74 Å². The van der Waals surface area contributed by atoms with Crippen molar-refractivity contribution < 1.29 is 4.74 Å². The number of thioether (sulfide) groups is 1. The quantitative estimate of drug-likeness (QED) is 0.804. The fraction of sp³-hybridized carbons (Fsp3) is 0.545. The summed E-state index contributed by atoms with van der Waals surface area (Å²) >= 11 is 3.00. The summed E-state index contributed by atoms with van der Waals surface area (Å²) in [5, 5.41) is 0. The molecule has 1 aliphatic carbocycles. The van der Waals surface area contributed by atoms with Gasteiger partial charge in [0.2, 0.25) is 0 Å². The Morgan fingerprint density at radius 1 is 1.50 bits per heavy atom. The van der Waals surface area contributed by atoms with E-state index in [4.69, 9.17) is 4.74 Å². The van der Waals surface area contributed by atoms with Crippen molar-refractivity contribution in [2.24, 2.45) is 0 Å². The molecule has 2 aromatic rings.